The fraction of sp³-hybridized carbons (Fsp3) is 0.158. The molecule has 1 heterocycles. The lowest BCUT2D eigenvalue weighted by atomic mass is 10.0. The summed E-state index contributed by atoms with van der Waals surface area (Å²) in [6.07, 6.45) is 1.93. The molecule has 0 bridgehead atoms. The van der Waals surface area contributed by atoms with Crippen LogP contribution in [0, 0.1) is 0 Å². The van der Waals surface area contributed by atoms with Crippen molar-refractivity contribution in [3.8, 4) is 17.2 Å². The van der Waals surface area contributed by atoms with Gasteiger partial charge in [-0.3, -0.25) is 0 Å². The van der Waals surface area contributed by atoms with E-state index in [1.54, 1.807) is 42.5 Å². The lowest BCUT2D eigenvalue weighted by Gasteiger charge is -2.12. The lowest BCUT2D eigenvalue weighted by molar-refractivity contribution is 0.0687. The predicted octanol–water partition coefficient (Wildman–Crippen LogP) is 4.96. The van der Waals surface area contributed by atoms with Crippen LogP contribution in [0.1, 0.15) is 34.9 Å². The Morgan fingerprint density at radius 2 is 1.88 bits per heavy atom. The molecule has 1 aromatic heterocycles. The third-order valence-corrected chi connectivity index (χ3v) is 4.41. The fourth-order valence-electron chi connectivity index (χ4n) is 2.85. The quantitative estimate of drug-likeness (QED) is 0.691. The maximum absolute atomic E-state index is 11.3. The number of benzene rings is 2. The van der Waals surface area contributed by atoms with Crippen LogP contribution < -0.4 is 4.74 Å². The molecule has 0 aliphatic heterocycles. The van der Waals surface area contributed by atoms with E-state index in [1.807, 2.05) is 0 Å². The first-order chi connectivity index (χ1) is 12.0. The number of nitrogens with zero attached hydrogens (tertiary/aromatic N) is 1. The van der Waals surface area contributed by atoms with Crippen molar-refractivity contribution in [3.05, 3.63) is 58.9 Å². The van der Waals surface area contributed by atoms with Crippen LogP contribution in [0.25, 0.3) is 10.8 Å². The summed E-state index contributed by atoms with van der Waals surface area (Å²) in [5, 5.41) is 21.3. The summed E-state index contributed by atoms with van der Waals surface area (Å²) >= 11 is 5.97. The molecule has 0 atom stereocenters. The second kappa shape index (κ2) is 5.93. The molecule has 25 heavy (non-hydrogen) atoms. The molecular formula is C19H14ClNO4. The molecule has 1 fully saturated rings. The van der Waals surface area contributed by atoms with Gasteiger partial charge in [0, 0.05) is 21.7 Å². The number of hydrogen-bond donors (Lipinski definition) is 2. The van der Waals surface area contributed by atoms with Crippen molar-refractivity contribution in [2.45, 2.75) is 18.8 Å². The standard InChI is InChI=1S/C19H14ClNO4/c20-11-2-1-3-12(8-11)25-13-6-7-14-15(9-13)16(10-4-5-10)21-17(18(14)22)19(23)24/h1-3,6-10,22H,4-5H2,(H,23,24). The minimum absolute atomic E-state index is 0.225. The van der Waals surface area contributed by atoms with Crippen LogP contribution in [0.2, 0.25) is 5.02 Å². The molecule has 1 aliphatic rings. The van der Waals surface area contributed by atoms with E-state index in [0.717, 1.165) is 12.8 Å². The van der Waals surface area contributed by atoms with E-state index in [0.29, 0.717) is 33.0 Å². The van der Waals surface area contributed by atoms with E-state index in [4.69, 9.17) is 16.3 Å². The van der Waals surface area contributed by atoms with Gasteiger partial charge in [0.2, 0.25) is 0 Å². The Hall–Kier alpha value is -2.79. The maximum atomic E-state index is 11.3. The van der Waals surface area contributed by atoms with Crippen LogP contribution >= 0.6 is 11.6 Å². The van der Waals surface area contributed by atoms with Gasteiger partial charge in [0.05, 0.1) is 5.69 Å². The van der Waals surface area contributed by atoms with Crippen LogP contribution in [0.5, 0.6) is 17.2 Å². The second-order valence-electron chi connectivity index (χ2n) is 6.04. The lowest BCUT2D eigenvalue weighted by Crippen LogP contribution is -2.04. The second-order valence-corrected chi connectivity index (χ2v) is 6.48. The number of aromatic nitrogens is 1. The number of rotatable bonds is 4. The Bertz CT molecular complexity index is 998. The summed E-state index contributed by atoms with van der Waals surface area (Å²) in [5.41, 5.74) is 0.389. The molecule has 6 heteroatoms. The highest BCUT2D eigenvalue weighted by Crippen LogP contribution is 2.45. The Morgan fingerprint density at radius 1 is 1.12 bits per heavy atom. The zero-order valence-corrected chi connectivity index (χ0v) is 13.8. The number of hydrogen-bond acceptors (Lipinski definition) is 4. The van der Waals surface area contributed by atoms with Gasteiger partial charge in [-0.15, -0.1) is 0 Å². The normalized spacial score (nSPS) is 13.8. The summed E-state index contributed by atoms with van der Waals surface area (Å²) in [4.78, 5) is 15.5. The predicted molar refractivity (Wildman–Crippen MR) is 93.9 cm³/mol. The number of ether oxygens (including phenoxy) is 1. The molecule has 0 saturated heterocycles. The summed E-state index contributed by atoms with van der Waals surface area (Å²) in [5.74, 6) is -0.163. The Balaban J connectivity index is 1.83. The number of aromatic carboxylic acids is 1. The first-order valence-corrected chi connectivity index (χ1v) is 8.24. The van der Waals surface area contributed by atoms with Gasteiger partial charge in [0.15, 0.2) is 11.4 Å². The van der Waals surface area contributed by atoms with Gasteiger partial charge in [-0.05, 0) is 49.2 Å². The summed E-state index contributed by atoms with van der Waals surface area (Å²) < 4.78 is 5.83. The number of pyridine rings is 1. The zero-order valence-electron chi connectivity index (χ0n) is 13.1. The molecule has 2 N–H and O–H groups in total. The van der Waals surface area contributed by atoms with Crippen molar-refractivity contribution >= 4 is 28.3 Å². The van der Waals surface area contributed by atoms with Crippen molar-refractivity contribution in [1.82, 2.24) is 4.98 Å². The van der Waals surface area contributed by atoms with E-state index < -0.39 is 5.97 Å². The number of halogens is 1. The first-order valence-electron chi connectivity index (χ1n) is 7.86. The molecule has 5 nitrogen and oxygen atoms in total. The van der Waals surface area contributed by atoms with Crippen molar-refractivity contribution in [3.63, 3.8) is 0 Å². The van der Waals surface area contributed by atoms with Gasteiger partial charge in [0.1, 0.15) is 11.5 Å². The van der Waals surface area contributed by atoms with Gasteiger partial charge in [0.25, 0.3) is 0 Å². The Kier molecular flexibility index (Phi) is 3.73. The summed E-state index contributed by atoms with van der Waals surface area (Å²) in [6.45, 7) is 0. The van der Waals surface area contributed by atoms with E-state index in [-0.39, 0.29) is 17.4 Å². The monoisotopic (exact) mass is 355 g/mol. The largest absolute Gasteiger partial charge is 0.505 e. The van der Waals surface area contributed by atoms with Crippen molar-refractivity contribution in [2.75, 3.05) is 0 Å². The molecule has 0 amide bonds. The van der Waals surface area contributed by atoms with E-state index in [1.165, 1.54) is 0 Å². The SMILES string of the molecule is O=C(O)c1nc(C2CC2)c2cc(Oc3cccc(Cl)c3)ccc2c1O. The zero-order chi connectivity index (χ0) is 17.6. The number of fused-ring (bicyclic) bond motifs is 1. The van der Waals surface area contributed by atoms with E-state index in [9.17, 15) is 15.0 Å². The minimum Gasteiger partial charge on any atom is -0.505 e. The van der Waals surface area contributed by atoms with Gasteiger partial charge >= 0.3 is 5.97 Å². The molecule has 1 aliphatic carbocycles. The number of carboxylic acid groups (broad SMARTS) is 1. The van der Waals surface area contributed by atoms with Crippen LogP contribution in [0.15, 0.2) is 42.5 Å². The van der Waals surface area contributed by atoms with Gasteiger partial charge in [-0.2, -0.15) is 0 Å². The molecule has 0 radical (unpaired) electrons. The third-order valence-electron chi connectivity index (χ3n) is 4.18. The Labute approximate surface area is 148 Å². The topological polar surface area (TPSA) is 79.7 Å². The van der Waals surface area contributed by atoms with Crippen LogP contribution in [-0.4, -0.2) is 21.2 Å². The third kappa shape index (κ3) is 2.98. The smallest absolute Gasteiger partial charge is 0.358 e. The molecule has 0 spiro atoms. The number of aromatic hydroxyl groups is 1. The fourth-order valence-corrected chi connectivity index (χ4v) is 3.03. The van der Waals surface area contributed by atoms with Crippen molar-refractivity contribution < 1.29 is 19.7 Å². The highest BCUT2D eigenvalue weighted by Gasteiger charge is 2.30. The molecule has 0 unspecified atom stereocenters. The Morgan fingerprint density at radius 3 is 2.56 bits per heavy atom. The summed E-state index contributed by atoms with van der Waals surface area (Å²) in [6, 6.07) is 12.2. The minimum atomic E-state index is -1.24. The average molecular weight is 356 g/mol. The van der Waals surface area contributed by atoms with E-state index >= 15 is 0 Å². The van der Waals surface area contributed by atoms with Gasteiger partial charge in [-0.25, -0.2) is 9.78 Å². The molecule has 1 saturated carbocycles. The average Bonchev–Trinajstić information content (AvgIpc) is 3.40. The summed E-state index contributed by atoms with van der Waals surface area (Å²) in [7, 11) is 0. The highest BCUT2D eigenvalue weighted by molar-refractivity contribution is 6.30. The molecular weight excluding hydrogens is 342 g/mol. The number of carbonyl (C=O) groups is 1. The molecule has 4 rings (SSSR count). The van der Waals surface area contributed by atoms with Crippen molar-refractivity contribution in [2.24, 2.45) is 0 Å². The van der Waals surface area contributed by atoms with Crippen LogP contribution in [0.4, 0.5) is 0 Å². The van der Waals surface area contributed by atoms with Crippen molar-refractivity contribution in [1.29, 1.82) is 0 Å². The molecule has 3 aromatic rings. The highest BCUT2D eigenvalue weighted by atomic mass is 35.5. The molecule has 126 valence electrons. The maximum Gasteiger partial charge on any atom is 0.358 e. The first kappa shape index (κ1) is 15.7. The number of carboxylic acids is 1. The van der Waals surface area contributed by atoms with Crippen LogP contribution in [-0.2, 0) is 0 Å². The van der Waals surface area contributed by atoms with Gasteiger partial charge < -0.3 is 14.9 Å². The molecule has 2 aromatic carbocycles. The van der Waals surface area contributed by atoms with E-state index in [2.05, 4.69) is 4.98 Å². The van der Waals surface area contributed by atoms with Gasteiger partial charge in [-0.1, -0.05) is 17.7 Å². The van der Waals surface area contributed by atoms with Crippen LogP contribution in [0.3, 0.4) is 0 Å².